The van der Waals surface area contributed by atoms with Crippen LogP contribution in [-0.4, -0.2) is 42.4 Å². The van der Waals surface area contributed by atoms with Crippen molar-refractivity contribution in [1.29, 1.82) is 0 Å². The predicted molar refractivity (Wildman–Crippen MR) is 120 cm³/mol. The van der Waals surface area contributed by atoms with E-state index in [0.29, 0.717) is 29.4 Å². The topological polar surface area (TPSA) is 123 Å². The van der Waals surface area contributed by atoms with Gasteiger partial charge in [-0.25, -0.2) is 4.79 Å². The van der Waals surface area contributed by atoms with Crippen LogP contribution in [0.15, 0.2) is 48.5 Å². The Morgan fingerprint density at radius 1 is 1.16 bits per heavy atom. The molecule has 0 aromatic heterocycles. The molecule has 2 aliphatic rings. The normalized spacial score (nSPS) is 20.1. The summed E-state index contributed by atoms with van der Waals surface area (Å²) in [6.07, 6.45) is 4.58. The lowest BCUT2D eigenvalue weighted by Crippen LogP contribution is -2.59. The van der Waals surface area contributed by atoms with Gasteiger partial charge in [0.25, 0.3) is 5.91 Å². The Balaban J connectivity index is 1.39. The number of carbonyl (C=O) groups excluding carboxylic acids is 2. The van der Waals surface area contributed by atoms with Gasteiger partial charge in [0.15, 0.2) is 0 Å². The molecule has 2 atom stereocenters. The van der Waals surface area contributed by atoms with Gasteiger partial charge in [0, 0.05) is 17.7 Å². The third-order valence-electron chi connectivity index (χ3n) is 6.44. The lowest BCUT2D eigenvalue weighted by atomic mass is 9.63. The SMILES string of the molecule is NC(=O)c1ccccc1Oc1ccc(NC(=O)NC(C2CCCO2)C2(CO)CCC2)cc1. The zero-order valence-electron chi connectivity index (χ0n) is 17.9. The van der Waals surface area contributed by atoms with Gasteiger partial charge in [0.05, 0.1) is 24.3 Å². The van der Waals surface area contributed by atoms with Crippen molar-refractivity contribution >= 4 is 17.6 Å². The second kappa shape index (κ2) is 9.58. The van der Waals surface area contributed by atoms with E-state index >= 15 is 0 Å². The molecule has 1 aliphatic carbocycles. The van der Waals surface area contributed by atoms with E-state index in [9.17, 15) is 14.7 Å². The summed E-state index contributed by atoms with van der Waals surface area (Å²) in [4.78, 5) is 24.3. The maximum Gasteiger partial charge on any atom is 0.319 e. The molecule has 1 aliphatic heterocycles. The van der Waals surface area contributed by atoms with Gasteiger partial charge >= 0.3 is 6.03 Å². The van der Waals surface area contributed by atoms with Gasteiger partial charge in [-0.15, -0.1) is 0 Å². The number of amides is 3. The number of benzene rings is 2. The number of anilines is 1. The van der Waals surface area contributed by atoms with Gasteiger partial charge in [-0.3, -0.25) is 4.79 Å². The lowest BCUT2D eigenvalue weighted by Gasteiger charge is -2.48. The van der Waals surface area contributed by atoms with E-state index in [1.165, 1.54) is 0 Å². The van der Waals surface area contributed by atoms with Crippen LogP contribution in [0.5, 0.6) is 11.5 Å². The summed E-state index contributed by atoms with van der Waals surface area (Å²) in [7, 11) is 0. The van der Waals surface area contributed by atoms with Crippen molar-refractivity contribution in [3.63, 3.8) is 0 Å². The molecule has 3 amide bonds. The molecule has 8 heteroatoms. The average Bonchev–Trinajstić information content (AvgIpc) is 3.29. The summed E-state index contributed by atoms with van der Waals surface area (Å²) in [6.45, 7) is 0.725. The Morgan fingerprint density at radius 2 is 1.91 bits per heavy atom. The van der Waals surface area contributed by atoms with Gasteiger partial charge < -0.3 is 30.9 Å². The highest BCUT2D eigenvalue weighted by molar-refractivity contribution is 5.95. The molecular formula is C24H29N3O5. The van der Waals surface area contributed by atoms with Crippen LogP contribution < -0.4 is 21.1 Å². The highest BCUT2D eigenvalue weighted by Gasteiger charge is 2.48. The minimum absolute atomic E-state index is 0.0383. The molecule has 0 spiro atoms. The Kier molecular flexibility index (Phi) is 6.62. The Hall–Kier alpha value is -3.10. The number of primary amides is 1. The highest BCUT2D eigenvalue weighted by Crippen LogP contribution is 2.46. The zero-order valence-corrected chi connectivity index (χ0v) is 17.9. The Bertz CT molecular complexity index is 947. The van der Waals surface area contributed by atoms with Crippen LogP contribution in [-0.2, 0) is 4.74 Å². The molecular weight excluding hydrogens is 410 g/mol. The Morgan fingerprint density at radius 3 is 2.50 bits per heavy atom. The van der Waals surface area contributed by atoms with Crippen molar-refractivity contribution in [3.05, 3.63) is 54.1 Å². The first-order valence-corrected chi connectivity index (χ1v) is 11.0. The molecule has 1 heterocycles. The number of nitrogens with one attached hydrogen (secondary N) is 2. The van der Waals surface area contributed by atoms with Crippen LogP contribution in [0, 0.1) is 5.41 Å². The van der Waals surface area contributed by atoms with E-state index in [1.54, 1.807) is 48.5 Å². The minimum Gasteiger partial charge on any atom is -0.457 e. The van der Waals surface area contributed by atoms with Crippen LogP contribution >= 0.6 is 0 Å². The summed E-state index contributed by atoms with van der Waals surface area (Å²) >= 11 is 0. The predicted octanol–water partition coefficient (Wildman–Crippen LogP) is 3.41. The highest BCUT2D eigenvalue weighted by atomic mass is 16.5. The number of aliphatic hydroxyl groups is 1. The van der Waals surface area contributed by atoms with Crippen LogP contribution in [0.1, 0.15) is 42.5 Å². The first-order valence-electron chi connectivity index (χ1n) is 11.0. The molecule has 2 unspecified atom stereocenters. The fraction of sp³-hybridized carbons (Fsp3) is 0.417. The molecule has 0 bridgehead atoms. The van der Waals surface area contributed by atoms with E-state index in [2.05, 4.69) is 10.6 Å². The van der Waals surface area contributed by atoms with Crippen molar-refractivity contribution in [2.24, 2.45) is 11.1 Å². The number of hydrogen-bond donors (Lipinski definition) is 4. The number of rotatable bonds is 8. The second-order valence-electron chi connectivity index (χ2n) is 8.49. The van der Waals surface area contributed by atoms with Crippen LogP contribution in [0.4, 0.5) is 10.5 Å². The van der Waals surface area contributed by atoms with E-state index in [-0.39, 0.29) is 30.2 Å². The van der Waals surface area contributed by atoms with E-state index in [4.69, 9.17) is 15.2 Å². The number of nitrogens with two attached hydrogens (primary N) is 1. The average molecular weight is 440 g/mol. The number of urea groups is 1. The van der Waals surface area contributed by atoms with Crippen LogP contribution in [0.3, 0.4) is 0 Å². The molecule has 5 N–H and O–H groups in total. The molecule has 8 nitrogen and oxygen atoms in total. The van der Waals surface area contributed by atoms with E-state index < -0.39 is 5.91 Å². The molecule has 1 saturated carbocycles. The molecule has 0 radical (unpaired) electrons. The molecule has 1 saturated heterocycles. The third-order valence-corrected chi connectivity index (χ3v) is 6.44. The lowest BCUT2D eigenvalue weighted by molar-refractivity contribution is -0.0460. The number of aliphatic hydroxyl groups excluding tert-OH is 1. The van der Waals surface area contributed by atoms with Crippen molar-refractivity contribution in [2.45, 2.75) is 44.2 Å². The molecule has 170 valence electrons. The molecule has 4 rings (SSSR count). The van der Waals surface area contributed by atoms with Gasteiger partial charge in [-0.05, 0) is 62.1 Å². The number of hydrogen-bond acceptors (Lipinski definition) is 5. The summed E-state index contributed by atoms with van der Waals surface area (Å²) in [5, 5.41) is 15.9. The number of carbonyl (C=O) groups is 2. The fourth-order valence-electron chi connectivity index (χ4n) is 4.51. The summed E-state index contributed by atoms with van der Waals surface area (Å²) in [5.41, 5.74) is 5.97. The third kappa shape index (κ3) is 4.71. The number of para-hydroxylation sites is 1. The summed E-state index contributed by atoms with van der Waals surface area (Å²) in [5.74, 6) is 0.312. The first kappa shape index (κ1) is 22.1. The molecule has 2 aromatic carbocycles. The Labute approximate surface area is 187 Å². The van der Waals surface area contributed by atoms with E-state index in [1.807, 2.05) is 0 Å². The smallest absolute Gasteiger partial charge is 0.319 e. The van der Waals surface area contributed by atoms with Crippen LogP contribution in [0.2, 0.25) is 0 Å². The molecule has 2 aromatic rings. The number of ether oxygens (including phenoxy) is 2. The molecule has 2 fully saturated rings. The van der Waals surface area contributed by atoms with Crippen molar-refractivity contribution in [3.8, 4) is 11.5 Å². The monoisotopic (exact) mass is 439 g/mol. The van der Waals surface area contributed by atoms with Gasteiger partial charge in [-0.1, -0.05) is 18.6 Å². The maximum absolute atomic E-state index is 12.7. The summed E-state index contributed by atoms with van der Waals surface area (Å²) in [6, 6.07) is 13.0. The first-order chi connectivity index (χ1) is 15.5. The minimum atomic E-state index is -0.566. The standard InChI is InChI=1S/C24H29N3O5/c25-22(29)18-5-1-2-6-19(18)32-17-10-8-16(9-11-17)26-23(30)27-21(20-7-3-14-31-20)24(15-28)12-4-13-24/h1-2,5-6,8-11,20-21,28H,3-4,7,12-15H2,(H2,25,29)(H2,26,27,30). The van der Waals surface area contributed by atoms with E-state index in [0.717, 1.165) is 32.1 Å². The maximum atomic E-state index is 12.7. The van der Waals surface area contributed by atoms with Crippen molar-refractivity contribution in [1.82, 2.24) is 5.32 Å². The summed E-state index contributed by atoms with van der Waals surface area (Å²) < 4.78 is 11.6. The molecule has 32 heavy (non-hydrogen) atoms. The zero-order chi connectivity index (χ0) is 22.6. The quantitative estimate of drug-likeness (QED) is 0.502. The van der Waals surface area contributed by atoms with Gasteiger partial charge in [0.1, 0.15) is 11.5 Å². The fourth-order valence-corrected chi connectivity index (χ4v) is 4.51. The van der Waals surface area contributed by atoms with Crippen LogP contribution in [0.25, 0.3) is 0 Å². The second-order valence-corrected chi connectivity index (χ2v) is 8.49. The van der Waals surface area contributed by atoms with Crippen molar-refractivity contribution < 1.29 is 24.2 Å². The largest absolute Gasteiger partial charge is 0.457 e. The van der Waals surface area contributed by atoms with Crippen molar-refractivity contribution in [2.75, 3.05) is 18.5 Å². The van der Waals surface area contributed by atoms with Gasteiger partial charge in [-0.2, -0.15) is 0 Å². The van der Waals surface area contributed by atoms with Gasteiger partial charge in [0.2, 0.25) is 0 Å².